The molecule has 13 heavy (non-hydrogen) atoms. The molecule has 0 aliphatic heterocycles. The lowest BCUT2D eigenvalue weighted by atomic mass is 10.1. The van der Waals surface area contributed by atoms with Crippen molar-refractivity contribution in [2.24, 2.45) is 5.92 Å². The van der Waals surface area contributed by atoms with E-state index in [1.807, 2.05) is 6.92 Å². The fourth-order valence-corrected chi connectivity index (χ4v) is 1.93. The molecule has 0 amide bonds. The van der Waals surface area contributed by atoms with E-state index in [9.17, 15) is 0 Å². The molecule has 0 saturated heterocycles. The van der Waals surface area contributed by atoms with Crippen LogP contribution < -0.4 is 10.8 Å². The van der Waals surface area contributed by atoms with Gasteiger partial charge in [0, 0.05) is 19.1 Å². The maximum Gasteiger partial charge on any atom is 0.0653 e. The SMILES string of the molecule is CCONCCNC1CCCC1C. The molecule has 0 aromatic rings. The van der Waals surface area contributed by atoms with Crippen molar-refractivity contribution in [3.8, 4) is 0 Å². The molecular weight excluding hydrogens is 164 g/mol. The fourth-order valence-electron chi connectivity index (χ4n) is 1.93. The molecule has 0 bridgehead atoms. The van der Waals surface area contributed by atoms with Crippen molar-refractivity contribution in [2.75, 3.05) is 19.7 Å². The van der Waals surface area contributed by atoms with Crippen molar-refractivity contribution >= 4 is 0 Å². The first-order chi connectivity index (χ1) is 6.34. The van der Waals surface area contributed by atoms with E-state index >= 15 is 0 Å². The van der Waals surface area contributed by atoms with E-state index in [1.54, 1.807) is 0 Å². The highest BCUT2D eigenvalue weighted by Gasteiger charge is 2.21. The summed E-state index contributed by atoms with van der Waals surface area (Å²) in [5, 5.41) is 3.55. The minimum atomic E-state index is 0.736. The van der Waals surface area contributed by atoms with Crippen molar-refractivity contribution in [3.05, 3.63) is 0 Å². The first-order valence-corrected chi connectivity index (χ1v) is 5.42. The highest BCUT2D eigenvalue weighted by Crippen LogP contribution is 2.24. The number of hydrogen-bond donors (Lipinski definition) is 2. The Hall–Kier alpha value is -0.120. The lowest BCUT2D eigenvalue weighted by Gasteiger charge is -2.17. The average Bonchev–Trinajstić information content (AvgIpc) is 2.52. The van der Waals surface area contributed by atoms with E-state index in [0.29, 0.717) is 0 Å². The van der Waals surface area contributed by atoms with Crippen molar-refractivity contribution in [2.45, 2.75) is 39.2 Å². The van der Waals surface area contributed by atoms with Crippen LogP contribution in [0.5, 0.6) is 0 Å². The molecule has 2 unspecified atom stereocenters. The van der Waals surface area contributed by atoms with E-state index in [1.165, 1.54) is 19.3 Å². The number of rotatable bonds is 6. The van der Waals surface area contributed by atoms with Crippen molar-refractivity contribution < 1.29 is 4.84 Å². The van der Waals surface area contributed by atoms with Gasteiger partial charge >= 0.3 is 0 Å². The van der Waals surface area contributed by atoms with Crippen LogP contribution in [0.15, 0.2) is 0 Å². The molecule has 78 valence electrons. The number of hydrogen-bond acceptors (Lipinski definition) is 3. The Morgan fingerprint density at radius 2 is 2.15 bits per heavy atom. The molecule has 0 aromatic heterocycles. The Bertz CT molecular complexity index is 130. The van der Waals surface area contributed by atoms with Gasteiger partial charge in [-0.1, -0.05) is 13.3 Å². The minimum absolute atomic E-state index is 0.736. The largest absolute Gasteiger partial charge is 0.312 e. The smallest absolute Gasteiger partial charge is 0.0653 e. The summed E-state index contributed by atoms with van der Waals surface area (Å²) in [5.74, 6) is 0.854. The van der Waals surface area contributed by atoms with Gasteiger partial charge in [0.05, 0.1) is 6.61 Å². The van der Waals surface area contributed by atoms with E-state index in [4.69, 9.17) is 4.84 Å². The van der Waals surface area contributed by atoms with Gasteiger partial charge in [0.25, 0.3) is 0 Å². The monoisotopic (exact) mass is 186 g/mol. The highest BCUT2D eigenvalue weighted by atomic mass is 16.6. The first-order valence-electron chi connectivity index (χ1n) is 5.42. The van der Waals surface area contributed by atoms with Gasteiger partial charge in [-0.15, -0.1) is 0 Å². The molecular formula is C10H22N2O. The van der Waals surface area contributed by atoms with E-state index < -0.39 is 0 Å². The lowest BCUT2D eigenvalue weighted by molar-refractivity contribution is 0.0512. The summed E-state index contributed by atoms with van der Waals surface area (Å²) >= 11 is 0. The molecule has 1 aliphatic rings. The Labute approximate surface area is 81.2 Å². The Morgan fingerprint density at radius 3 is 2.77 bits per heavy atom. The first kappa shape index (κ1) is 11.0. The second-order valence-electron chi connectivity index (χ2n) is 3.80. The van der Waals surface area contributed by atoms with Crippen LogP contribution in [-0.2, 0) is 4.84 Å². The third-order valence-corrected chi connectivity index (χ3v) is 2.74. The van der Waals surface area contributed by atoms with E-state index in [0.717, 1.165) is 31.7 Å². The molecule has 1 fully saturated rings. The topological polar surface area (TPSA) is 33.3 Å². The van der Waals surface area contributed by atoms with Crippen molar-refractivity contribution in [3.63, 3.8) is 0 Å². The molecule has 0 spiro atoms. The summed E-state index contributed by atoms with van der Waals surface area (Å²) in [7, 11) is 0. The Kier molecular flexibility index (Phi) is 5.35. The van der Waals surface area contributed by atoms with Gasteiger partial charge in [-0.3, -0.25) is 0 Å². The summed E-state index contributed by atoms with van der Waals surface area (Å²) in [5.41, 5.74) is 2.91. The van der Waals surface area contributed by atoms with Crippen molar-refractivity contribution in [1.82, 2.24) is 10.8 Å². The lowest BCUT2D eigenvalue weighted by Crippen LogP contribution is -2.36. The van der Waals surface area contributed by atoms with Gasteiger partial charge in [0.1, 0.15) is 0 Å². The summed E-state index contributed by atoms with van der Waals surface area (Å²) in [4.78, 5) is 5.04. The van der Waals surface area contributed by atoms with Crippen molar-refractivity contribution in [1.29, 1.82) is 0 Å². The maximum absolute atomic E-state index is 5.04. The number of nitrogens with one attached hydrogen (secondary N) is 2. The van der Waals surface area contributed by atoms with Gasteiger partial charge in [0.15, 0.2) is 0 Å². The normalized spacial score (nSPS) is 28.2. The molecule has 2 N–H and O–H groups in total. The molecule has 3 nitrogen and oxygen atoms in total. The van der Waals surface area contributed by atoms with Gasteiger partial charge in [0.2, 0.25) is 0 Å². The second kappa shape index (κ2) is 6.35. The third-order valence-electron chi connectivity index (χ3n) is 2.74. The Balaban J connectivity index is 1.93. The average molecular weight is 186 g/mol. The summed E-state index contributed by atoms with van der Waals surface area (Å²) < 4.78 is 0. The maximum atomic E-state index is 5.04. The zero-order chi connectivity index (χ0) is 9.52. The molecule has 0 radical (unpaired) electrons. The van der Waals surface area contributed by atoms with Crippen LogP contribution in [0.25, 0.3) is 0 Å². The molecule has 1 rings (SSSR count). The van der Waals surface area contributed by atoms with Crippen LogP contribution in [0.1, 0.15) is 33.1 Å². The molecule has 0 aromatic carbocycles. The molecule has 3 heteroatoms. The molecule has 2 atom stereocenters. The standard InChI is InChI=1S/C10H22N2O/c1-3-13-12-8-7-11-10-6-4-5-9(10)2/h9-12H,3-8H2,1-2H3. The summed E-state index contributed by atoms with van der Waals surface area (Å²) in [6.07, 6.45) is 4.12. The fraction of sp³-hybridized carbons (Fsp3) is 1.00. The van der Waals surface area contributed by atoms with Crippen LogP contribution >= 0.6 is 0 Å². The number of hydroxylamine groups is 1. The van der Waals surface area contributed by atoms with Crippen LogP contribution in [0.4, 0.5) is 0 Å². The van der Waals surface area contributed by atoms with Gasteiger partial charge in [-0.25, -0.2) is 5.48 Å². The van der Waals surface area contributed by atoms with Crippen LogP contribution in [0.3, 0.4) is 0 Å². The zero-order valence-electron chi connectivity index (χ0n) is 8.81. The summed E-state index contributed by atoms with van der Waals surface area (Å²) in [6.45, 7) is 6.96. The second-order valence-corrected chi connectivity index (χ2v) is 3.80. The van der Waals surface area contributed by atoms with E-state index in [2.05, 4.69) is 17.7 Å². The third kappa shape index (κ3) is 4.07. The van der Waals surface area contributed by atoms with Gasteiger partial charge in [-0.05, 0) is 25.7 Å². The van der Waals surface area contributed by atoms with Crippen LogP contribution in [-0.4, -0.2) is 25.7 Å². The van der Waals surface area contributed by atoms with Crippen LogP contribution in [0.2, 0.25) is 0 Å². The molecule has 0 heterocycles. The van der Waals surface area contributed by atoms with Gasteiger partial charge in [-0.2, -0.15) is 0 Å². The predicted molar refractivity (Wildman–Crippen MR) is 54.4 cm³/mol. The quantitative estimate of drug-likeness (QED) is 0.484. The minimum Gasteiger partial charge on any atom is -0.312 e. The predicted octanol–water partition coefficient (Wildman–Crippen LogP) is 1.31. The highest BCUT2D eigenvalue weighted by molar-refractivity contribution is 4.79. The zero-order valence-corrected chi connectivity index (χ0v) is 8.81. The van der Waals surface area contributed by atoms with E-state index in [-0.39, 0.29) is 0 Å². The Morgan fingerprint density at radius 1 is 1.31 bits per heavy atom. The molecule has 1 aliphatic carbocycles. The van der Waals surface area contributed by atoms with Gasteiger partial charge < -0.3 is 10.2 Å². The summed E-state index contributed by atoms with van der Waals surface area (Å²) in [6, 6.07) is 0.739. The van der Waals surface area contributed by atoms with Crippen LogP contribution in [0, 0.1) is 5.92 Å². The molecule has 1 saturated carbocycles.